The summed E-state index contributed by atoms with van der Waals surface area (Å²) in [4.78, 5) is 62.5. The maximum atomic E-state index is 14.2. The van der Waals surface area contributed by atoms with E-state index in [1.165, 1.54) is 0 Å². The fourth-order valence-electron chi connectivity index (χ4n) is 7.30. The van der Waals surface area contributed by atoms with E-state index in [1.54, 1.807) is 9.80 Å². The van der Waals surface area contributed by atoms with Gasteiger partial charge in [0.15, 0.2) is 0 Å². The third kappa shape index (κ3) is 8.68. The molecular weight excluding hydrogens is 582 g/mol. The first-order chi connectivity index (χ1) is 21.8. The summed E-state index contributed by atoms with van der Waals surface area (Å²) in [7, 11) is 3.81. The zero-order chi connectivity index (χ0) is 33.6. The van der Waals surface area contributed by atoms with Crippen LogP contribution < -0.4 is 5.32 Å². The zero-order valence-corrected chi connectivity index (χ0v) is 29.2. The molecule has 3 saturated heterocycles. The van der Waals surface area contributed by atoms with Gasteiger partial charge in [0.1, 0.15) is 18.7 Å². The monoisotopic (exact) mass is 639 g/mol. The van der Waals surface area contributed by atoms with Gasteiger partial charge in [0.05, 0.1) is 12.1 Å². The zero-order valence-electron chi connectivity index (χ0n) is 29.2. The molecule has 10 nitrogen and oxygen atoms in total. The van der Waals surface area contributed by atoms with Crippen molar-refractivity contribution in [2.45, 2.75) is 116 Å². The number of nitrogens with zero attached hydrogens (tertiary/aromatic N) is 4. The van der Waals surface area contributed by atoms with Gasteiger partial charge in [0.25, 0.3) is 0 Å². The van der Waals surface area contributed by atoms with Gasteiger partial charge < -0.3 is 19.9 Å². The van der Waals surface area contributed by atoms with Gasteiger partial charge in [0.2, 0.25) is 17.7 Å². The molecule has 10 heteroatoms. The van der Waals surface area contributed by atoms with Crippen LogP contribution in [-0.4, -0.2) is 114 Å². The van der Waals surface area contributed by atoms with Gasteiger partial charge in [-0.05, 0) is 75.6 Å². The first kappa shape index (κ1) is 35.9. The smallest absolute Gasteiger partial charge is 0.329 e. The minimum atomic E-state index is -0.676. The van der Waals surface area contributed by atoms with Gasteiger partial charge in [-0.1, -0.05) is 71.4 Å². The van der Waals surface area contributed by atoms with Gasteiger partial charge in [0, 0.05) is 26.2 Å². The molecule has 256 valence electrons. The summed E-state index contributed by atoms with van der Waals surface area (Å²) < 4.78 is 5.63. The van der Waals surface area contributed by atoms with Gasteiger partial charge in [-0.2, -0.15) is 0 Å². The number of carbonyl (C=O) groups is 4. The van der Waals surface area contributed by atoms with Gasteiger partial charge >= 0.3 is 5.97 Å². The van der Waals surface area contributed by atoms with Crippen molar-refractivity contribution >= 4 is 23.7 Å². The standard InChI is InChI=1S/C36H57N5O5/c1-25(2)30(39(7)34(44)31(36(3,4)5)37-32(42)27-17-11-12-20-38(27)6)23-40-21-13-18-28(40)33(43)41-22-14-19-29(41)35(45)46-24-26-15-9-8-10-16-26/h8-10,15-16,25,27-31H,11-14,17-24H2,1-7H3,(H,37,42)/t27?,28?,29?,30-,31?/m1/s1. The Kier molecular flexibility index (Phi) is 12.3. The van der Waals surface area contributed by atoms with Crippen molar-refractivity contribution in [3.05, 3.63) is 35.9 Å². The van der Waals surface area contributed by atoms with Gasteiger partial charge in [-0.25, -0.2) is 4.79 Å². The van der Waals surface area contributed by atoms with Gasteiger partial charge in [-0.15, -0.1) is 0 Å². The first-order valence-electron chi connectivity index (χ1n) is 17.3. The van der Waals surface area contributed by atoms with E-state index in [4.69, 9.17) is 4.74 Å². The summed E-state index contributed by atoms with van der Waals surface area (Å²) in [5.41, 5.74) is 0.434. The van der Waals surface area contributed by atoms with Crippen LogP contribution in [0, 0.1) is 11.3 Å². The molecule has 3 aliphatic heterocycles. The molecule has 1 aromatic carbocycles. The number of hydrogen-bond acceptors (Lipinski definition) is 7. The number of benzene rings is 1. The summed E-state index contributed by atoms with van der Waals surface area (Å²) in [6.07, 6.45) is 5.86. The SMILES string of the molecule is CC(C)[C@@H](CN1CCCC1C(=O)N1CCCC1C(=O)OCc1ccccc1)N(C)C(=O)C(NC(=O)C1CCCCN1C)C(C)(C)C. The van der Waals surface area contributed by atoms with Crippen molar-refractivity contribution in [2.75, 3.05) is 40.3 Å². The second-order valence-electron chi connectivity index (χ2n) is 15.0. The topological polar surface area (TPSA) is 103 Å². The third-order valence-corrected chi connectivity index (χ3v) is 10.2. The Morgan fingerprint density at radius 3 is 2.22 bits per heavy atom. The van der Waals surface area contributed by atoms with E-state index in [2.05, 4.69) is 29.0 Å². The molecule has 0 saturated carbocycles. The van der Waals surface area contributed by atoms with Crippen molar-refractivity contribution in [3.63, 3.8) is 0 Å². The lowest BCUT2D eigenvalue weighted by molar-refractivity contribution is -0.156. The number of likely N-dealkylation sites (tertiary alicyclic amines) is 3. The van der Waals surface area contributed by atoms with E-state index in [-0.39, 0.29) is 54.3 Å². The summed E-state index contributed by atoms with van der Waals surface area (Å²) in [6.45, 7) is 13.1. The molecule has 3 fully saturated rings. The number of amides is 3. The highest BCUT2D eigenvalue weighted by molar-refractivity contribution is 5.91. The lowest BCUT2D eigenvalue weighted by Gasteiger charge is -2.41. The highest BCUT2D eigenvalue weighted by Crippen LogP contribution is 2.29. The Morgan fingerprint density at radius 2 is 1.57 bits per heavy atom. The molecule has 5 atom stereocenters. The minimum Gasteiger partial charge on any atom is -0.459 e. The molecule has 0 radical (unpaired) electrons. The molecule has 3 amide bonds. The summed E-state index contributed by atoms with van der Waals surface area (Å²) in [5.74, 6) is -0.444. The average Bonchev–Trinajstić information content (AvgIpc) is 3.70. The quantitative estimate of drug-likeness (QED) is 0.369. The average molecular weight is 640 g/mol. The molecule has 3 heterocycles. The number of nitrogens with one attached hydrogen (secondary N) is 1. The summed E-state index contributed by atoms with van der Waals surface area (Å²) in [6, 6.07) is 7.61. The Hall–Kier alpha value is -2.98. The van der Waals surface area contributed by atoms with Crippen molar-refractivity contribution in [1.29, 1.82) is 0 Å². The van der Waals surface area contributed by atoms with Crippen LogP contribution in [0.5, 0.6) is 0 Å². The molecule has 3 aliphatic rings. The minimum absolute atomic E-state index is 0.0235. The highest BCUT2D eigenvalue weighted by atomic mass is 16.5. The lowest BCUT2D eigenvalue weighted by atomic mass is 9.84. The van der Waals surface area contributed by atoms with Crippen LogP contribution in [-0.2, 0) is 30.5 Å². The molecule has 0 bridgehead atoms. The van der Waals surface area contributed by atoms with E-state index >= 15 is 0 Å². The van der Waals surface area contributed by atoms with Crippen molar-refractivity contribution in [1.82, 2.24) is 24.9 Å². The summed E-state index contributed by atoms with van der Waals surface area (Å²) in [5, 5.41) is 3.14. The Labute approximate surface area is 276 Å². The van der Waals surface area contributed by atoms with E-state index in [0.717, 1.165) is 57.2 Å². The van der Waals surface area contributed by atoms with Crippen LogP contribution in [0.3, 0.4) is 0 Å². The highest BCUT2D eigenvalue weighted by Gasteiger charge is 2.44. The van der Waals surface area contributed by atoms with Crippen molar-refractivity contribution < 1.29 is 23.9 Å². The molecule has 0 aromatic heterocycles. The molecule has 0 spiro atoms. The van der Waals surface area contributed by atoms with Gasteiger partial charge in [-0.3, -0.25) is 24.2 Å². The Morgan fingerprint density at radius 1 is 0.913 bits per heavy atom. The van der Waals surface area contributed by atoms with E-state index in [0.29, 0.717) is 19.5 Å². The predicted molar refractivity (Wildman–Crippen MR) is 179 cm³/mol. The molecule has 4 rings (SSSR count). The number of ether oxygens (including phenoxy) is 1. The Balaban J connectivity index is 1.42. The van der Waals surface area contributed by atoms with Crippen LogP contribution in [0.15, 0.2) is 30.3 Å². The number of piperidine rings is 1. The second-order valence-corrected chi connectivity index (χ2v) is 15.0. The van der Waals surface area contributed by atoms with E-state index in [1.807, 2.05) is 65.2 Å². The lowest BCUT2D eigenvalue weighted by Crippen LogP contribution is -2.61. The number of likely N-dealkylation sites (N-methyl/N-ethyl adjacent to an activating group) is 2. The summed E-state index contributed by atoms with van der Waals surface area (Å²) >= 11 is 0. The number of carbonyl (C=O) groups excluding carboxylic acids is 4. The van der Waals surface area contributed by atoms with Crippen LogP contribution in [0.1, 0.15) is 85.1 Å². The van der Waals surface area contributed by atoms with Crippen LogP contribution in [0.2, 0.25) is 0 Å². The Bertz CT molecular complexity index is 1200. The second kappa shape index (κ2) is 15.7. The maximum absolute atomic E-state index is 14.2. The van der Waals surface area contributed by atoms with E-state index < -0.39 is 17.5 Å². The fraction of sp³-hybridized carbons (Fsp3) is 0.722. The molecule has 46 heavy (non-hydrogen) atoms. The number of esters is 1. The molecule has 4 unspecified atom stereocenters. The van der Waals surface area contributed by atoms with Crippen LogP contribution in [0.25, 0.3) is 0 Å². The van der Waals surface area contributed by atoms with E-state index in [9.17, 15) is 19.2 Å². The maximum Gasteiger partial charge on any atom is 0.329 e. The van der Waals surface area contributed by atoms with Crippen molar-refractivity contribution in [2.24, 2.45) is 11.3 Å². The normalized spacial score (nSPS) is 24.1. The fourth-order valence-corrected chi connectivity index (χ4v) is 7.30. The van der Waals surface area contributed by atoms with Crippen molar-refractivity contribution in [3.8, 4) is 0 Å². The molecule has 0 aliphatic carbocycles. The largest absolute Gasteiger partial charge is 0.459 e. The third-order valence-electron chi connectivity index (χ3n) is 10.2. The molecule has 1 N–H and O–H groups in total. The first-order valence-corrected chi connectivity index (χ1v) is 17.3. The number of hydrogen-bond donors (Lipinski definition) is 1. The molecule has 1 aromatic rings. The molecular formula is C36H57N5O5. The predicted octanol–water partition coefficient (Wildman–Crippen LogP) is 3.68. The van der Waals surface area contributed by atoms with Crippen LogP contribution >= 0.6 is 0 Å². The number of rotatable bonds is 11. The van der Waals surface area contributed by atoms with Crippen LogP contribution in [0.4, 0.5) is 0 Å².